The maximum atomic E-state index is 12.8. The SMILES string of the molecule is COC(=O)CNC(=O)c1ccc(NC(=O)Cn2c3ccccc3c(=O)c3ccccc32)cc1. The molecule has 0 saturated heterocycles. The van der Waals surface area contributed by atoms with Gasteiger partial charge in [-0.2, -0.15) is 0 Å². The number of fused-ring (bicyclic) bond motifs is 2. The van der Waals surface area contributed by atoms with Crippen LogP contribution in [0, 0.1) is 0 Å². The van der Waals surface area contributed by atoms with Gasteiger partial charge in [0.15, 0.2) is 5.43 Å². The second-order valence-corrected chi connectivity index (χ2v) is 7.33. The number of hydrogen-bond donors (Lipinski definition) is 2. The summed E-state index contributed by atoms with van der Waals surface area (Å²) in [5.41, 5.74) is 2.13. The highest BCUT2D eigenvalue weighted by Crippen LogP contribution is 2.19. The summed E-state index contributed by atoms with van der Waals surface area (Å²) >= 11 is 0. The monoisotopic (exact) mass is 443 g/mol. The van der Waals surface area contributed by atoms with Crippen LogP contribution in [0.2, 0.25) is 0 Å². The minimum Gasteiger partial charge on any atom is -0.468 e. The molecule has 0 spiro atoms. The maximum absolute atomic E-state index is 12.8. The first-order valence-electron chi connectivity index (χ1n) is 10.2. The van der Waals surface area contributed by atoms with Gasteiger partial charge in [-0.15, -0.1) is 0 Å². The van der Waals surface area contributed by atoms with Gasteiger partial charge in [0.05, 0.1) is 18.1 Å². The lowest BCUT2D eigenvalue weighted by Gasteiger charge is -2.15. The van der Waals surface area contributed by atoms with E-state index in [2.05, 4.69) is 15.4 Å². The van der Waals surface area contributed by atoms with Crippen molar-refractivity contribution in [3.63, 3.8) is 0 Å². The average Bonchev–Trinajstić information content (AvgIpc) is 2.85. The fraction of sp³-hybridized carbons (Fsp3) is 0.120. The first-order valence-corrected chi connectivity index (χ1v) is 10.2. The molecule has 0 radical (unpaired) electrons. The molecule has 0 unspecified atom stereocenters. The van der Waals surface area contributed by atoms with Crippen LogP contribution in [0.3, 0.4) is 0 Å². The number of anilines is 1. The second-order valence-electron chi connectivity index (χ2n) is 7.33. The topological polar surface area (TPSA) is 106 Å². The largest absolute Gasteiger partial charge is 0.468 e. The minimum absolute atomic E-state index is 0.00265. The first-order chi connectivity index (χ1) is 16.0. The van der Waals surface area contributed by atoms with Crippen LogP contribution in [0.15, 0.2) is 77.6 Å². The standard InChI is InChI=1S/C25H21N3O5/c1-33-23(30)14-26-25(32)16-10-12-17(13-11-16)27-22(29)15-28-20-8-4-2-6-18(20)24(31)19-7-3-5-9-21(19)28/h2-13H,14-15H2,1H3,(H,26,32)(H,27,29). The van der Waals surface area contributed by atoms with Gasteiger partial charge in [-0.1, -0.05) is 24.3 Å². The average molecular weight is 443 g/mol. The Balaban J connectivity index is 1.54. The van der Waals surface area contributed by atoms with Crippen LogP contribution >= 0.6 is 0 Å². The molecule has 0 fully saturated rings. The number of hydrogen-bond acceptors (Lipinski definition) is 5. The van der Waals surface area contributed by atoms with E-state index < -0.39 is 11.9 Å². The number of amides is 2. The van der Waals surface area contributed by atoms with E-state index in [0.29, 0.717) is 33.1 Å². The predicted molar refractivity (Wildman–Crippen MR) is 125 cm³/mol. The molecule has 3 aromatic carbocycles. The van der Waals surface area contributed by atoms with Crippen LogP contribution in [0.25, 0.3) is 21.8 Å². The van der Waals surface area contributed by atoms with E-state index in [1.54, 1.807) is 48.5 Å². The van der Waals surface area contributed by atoms with Crippen molar-refractivity contribution in [2.75, 3.05) is 19.0 Å². The lowest BCUT2D eigenvalue weighted by atomic mass is 10.1. The number of esters is 1. The molecular formula is C25H21N3O5. The van der Waals surface area contributed by atoms with Crippen LogP contribution in [0.4, 0.5) is 5.69 Å². The van der Waals surface area contributed by atoms with Crippen LogP contribution in [0.1, 0.15) is 10.4 Å². The number of methoxy groups -OCH3 is 1. The van der Waals surface area contributed by atoms with Crippen molar-refractivity contribution in [2.24, 2.45) is 0 Å². The van der Waals surface area contributed by atoms with Gasteiger partial charge >= 0.3 is 5.97 Å². The van der Waals surface area contributed by atoms with Crippen molar-refractivity contribution in [1.82, 2.24) is 9.88 Å². The summed E-state index contributed by atoms with van der Waals surface area (Å²) in [4.78, 5) is 48.9. The molecule has 8 nitrogen and oxygen atoms in total. The zero-order chi connectivity index (χ0) is 23.4. The zero-order valence-electron chi connectivity index (χ0n) is 17.8. The lowest BCUT2D eigenvalue weighted by Crippen LogP contribution is -2.30. The van der Waals surface area contributed by atoms with E-state index in [1.165, 1.54) is 7.11 Å². The number of nitrogens with one attached hydrogen (secondary N) is 2. The smallest absolute Gasteiger partial charge is 0.325 e. The van der Waals surface area contributed by atoms with E-state index in [1.807, 2.05) is 28.8 Å². The fourth-order valence-electron chi connectivity index (χ4n) is 3.62. The van der Waals surface area contributed by atoms with Gasteiger partial charge in [0, 0.05) is 22.0 Å². The van der Waals surface area contributed by atoms with Gasteiger partial charge in [-0.3, -0.25) is 19.2 Å². The van der Waals surface area contributed by atoms with Crippen molar-refractivity contribution in [1.29, 1.82) is 0 Å². The highest BCUT2D eigenvalue weighted by molar-refractivity contribution is 5.98. The number of carbonyl (C=O) groups is 3. The summed E-state index contributed by atoms with van der Waals surface area (Å²) in [7, 11) is 1.24. The van der Waals surface area contributed by atoms with E-state index in [4.69, 9.17) is 0 Å². The third-order valence-corrected chi connectivity index (χ3v) is 5.23. The Morgan fingerprint density at radius 2 is 1.42 bits per heavy atom. The molecule has 1 heterocycles. The van der Waals surface area contributed by atoms with Crippen molar-refractivity contribution < 1.29 is 19.1 Å². The fourth-order valence-corrected chi connectivity index (χ4v) is 3.62. The zero-order valence-corrected chi connectivity index (χ0v) is 17.8. The summed E-state index contributed by atoms with van der Waals surface area (Å²) in [6.45, 7) is -0.224. The second kappa shape index (κ2) is 9.35. The first kappa shape index (κ1) is 21.8. The summed E-state index contributed by atoms with van der Waals surface area (Å²) in [5, 5.41) is 6.36. The molecule has 0 bridgehead atoms. The Morgan fingerprint density at radius 1 is 0.848 bits per heavy atom. The third-order valence-electron chi connectivity index (χ3n) is 5.23. The molecule has 0 aliphatic rings. The molecule has 33 heavy (non-hydrogen) atoms. The van der Waals surface area contributed by atoms with Gasteiger partial charge < -0.3 is 19.9 Å². The molecule has 0 atom stereocenters. The van der Waals surface area contributed by atoms with Gasteiger partial charge in [0.2, 0.25) is 5.91 Å². The highest BCUT2D eigenvalue weighted by atomic mass is 16.5. The van der Waals surface area contributed by atoms with E-state index >= 15 is 0 Å². The Labute approximate surface area is 188 Å². The van der Waals surface area contributed by atoms with Crippen molar-refractivity contribution >= 4 is 45.3 Å². The summed E-state index contributed by atoms with van der Waals surface area (Å²) in [5.74, 6) is -1.25. The van der Waals surface area contributed by atoms with E-state index in [0.717, 1.165) is 0 Å². The molecule has 166 valence electrons. The number of carbonyl (C=O) groups excluding carboxylic acids is 3. The Hall–Kier alpha value is -4.46. The number of para-hydroxylation sites is 2. The summed E-state index contributed by atoms with van der Waals surface area (Å²) in [6, 6.07) is 20.7. The Morgan fingerprint density at radius 3 is 2.00 bits per heavy atom. The molecule has 4 aromatic rings. The minimum atomic E-state index is -0.546. The van der Waals surface area contributed by atoms with Crippen LogP contribution in [-0.2, 0) is 20.9 Å². The number of ether oxygens (including phenoxy) is 1. The molecule has 4 rings (SSSR count). The molecule has 2 amide bonds. The maximum Gasteiger partial charge on any atom is 0.325 e. The molecule has 0 saturated carbocycles. The Bertz CT molecular complexity index is 1360. The van der Waals surface area contributed by atoms with E-state index in [-0.39, 0.29) is 24.4 Å². The lowest BCUT2D eigenvalue weighted by molar-refractivity contribution is -0.139. The quantitative estimate of drug-likeness (QED) is 0.352. The summed E-state index contributed by atoms with van der Waals surface area (Å²) < 4.78 is 6.30. The number of rotatable bonds is 6. The van der Waals surface area contributed by atoms with Gasteiger partial charge in [0.25, 0.3) is 5.91 Å². The van der Waals surface area contributed by atoms with Crippen LogP contribution in [-0.4, -0.2) is 36.0 Å². The van der Waals surface area contributed by atoms with Gasteiger partial charge in [0.1, 0.15) is 13.1 Å². The van der Waals surface area contributed by atoms with E-state index in [9.17, 15) is 19.2 Å². The normalized spacial score (nSPS) is 10.7. The molecule has 0 aliphatic heterocycles. The third kappa shape index (κ3) is 4.59. The molecule has 1 aromatic heterocycles. The Kier molecular flexibility index (Phi) is 6.17. The number of benzene rings is 3. The predicted octanol–water partition coefficient (Wildman–Crippen LogP) is 2.70. The van der Waals surface area contributed by atoms with Crippen LogP contribution < -0.4 is 16.1 Å². The van der Waals surface area contributed by atoms with Gasteiger partial charge in [-0.05, 0) is 48.5 Å². The van der Waals surface area contributed by atoms with Crippen molar-refractivity contribution in [3.8, 4) is 0 Å². The molecule has 8 heteroatoms. The molecule has 0 aliphatic carbocycles. The van der Waals surface area contributed by atoms with Crippen molar-refractivity contribution in [3.05, 3.63) is 88.6 Å². The van der Waals surface area contributed by atoms with Gasteiger partial charge in [-0.25, -0.2) is 0 Å². The molecule has 2 N–H and O–H groups in total. The molecular weight excluding hydrogens is 422 g/mol. The summed E-state index contributed by atoms with van der Waals surface area (Å²) in [6.07, 6.45) is 0. The van der Waals surface area contributed by atoms with Crippen molar-refractivity contribution in [2.45, 2.75) is 6.54 Å². The number of aromatic nitrogens is 1. The number of pyridine rings is 1. The van der Waals surface area contributed by atoms with Crippen LogP contribution in [0.5, 0.6) is 0 Å². The highest BCUT2D eigenvalue weighted by Gasteiger charge is 2.13. The number of nitrogens with zero attached hydrogens (tertiary/aromatic N) is 1.